The number of rotatable bonds is 6. The van der Waals surface area contributed by atoms with Crippen molar-refractivity contribution in [1.29, 1.82) is 0 Å². The number of amides is 1. The highest BCUT2D eigenvalue weighted by Gasteiger charge is 2.30. The van der Waals surface area contributed by atoms with Crippen LogP contribution >= 0.6 is 11.8 Å². The van der Waals surface area contributed by atoms with E-state index in [0.717, 1.165) is 0 Å². The zero-order valence-corrected chi connectivity index (χ0v) is 19.2. The van der Waals surface area contributed by atoms with Crippen LogP contribution in [0.1, 0.15) is 23.0 Å². The van der Waals surface area contributed by atoms with E-state index in [2.05, 4.69) is 4.99 Å². The van der Waals surface area contributed by atoms with Gasteiger partial charge in [-0.3, -0.25) is 19.8 Å². The molecule has 1 aliphatic heterocycles. The fourth-order valence-electron chi connectivity index (χ4n) is 3.29. The number of amidine groups is 1. The number of ether oxygens (including phenoxy) is 1. The summed E-state index contributed by atoms with van der Waals surface area (Å²) in [4.78, 5) is 41.8. The number of nitrogens with zero attached hydrogens (tertiary/aromatic N) is 4. The molecule has 0 unspecified atom stereocenters. The second-order valence-corrected chi connectivity index (χ2v) is 8.23. The third-order valence-electron chi connectivity index (χ3n) is 4.98. The van der Waals surface area contributed by atoms with Gasteiger partial charge in [-0.25, -0.2) is 9.79 Å². The molecule has 0 atom stereocenters. The summed E-state index contributed by atoms with van der Waals surface area (Å²) in [6, 6.07) is 16.5. The predicted octanol–water partition coefficient (Wildman–Crippen LogP) is 4.80. The molecule has 0 aliphatic carbocycles. The SMILES string of the molecule is CCOC(=O)c1ccc(N=C2S/C(=C\c3cccn3-c3cccc([N+](=O)[O-])c3)C(=O)N2C)cc1. The lowest BCUT2D eigenvalue weighted by molar-refractivity contribution is -0.384. The van der Waals surface area contributed by atoms with Crippen molar-refractivity contribution in [2.75, 3.05) is 13.7 Å². The van der Waals surface area contributed by atoms with Gasteiger partial charge in [-0.1, -0.05) is 6.07 Å². The molecule has 1 amide bonds. The molecule has 0 bridgehead atoms. The topological polar surface area (TPSA) is 107 Å². The minimum absolute atomic E-state index is 0.0146. The van der Waals surface area contributed by atoms with Crippen molar-refractivity contribution in [2.24, 2.45) is 4.99 Å². The molecule has 10 heteroatoms. The van der Waals surface area contributed by atoms with E-state index in [1.807, 2.05) is 6.07 Å². The molecule has 172 valence electrons. The van der Waals surface area contributed by atoms with Crippen molar-refractivity contribution in [3.63, 3.8) is 0 Å². The molecule has 0 spiro atoms. The number of likely N-dealkylation sites (N-methyl/N-ethyl adjacent to an activating group) is 1. The first-order valence-electron chi connectivity index (χ1n) is 10.3. The number of hydrogen-bond donors (Lipinski definition) is 0. The number of thioether (sulfide) groups is 1. The molecule has 4 rings (SSSR count). The predicted molar refractivity (Wildman–Crippen MR) is 130 cm³/mol. The molecule has 9 nitrogen and oxygen atoms in total. The number of esters is 1. The highest BCUT2D eigenvalue weighted by atomic mass is 32.2. The normalized spacial score (nSPS) is 15.8. The molecule has 34 heavy (non-hydrogen) atoms. The first kappa shape index (κ1) is 23.0. The van der Waals surface area contributed by atoms with Crippen LogP contribution in [0.2, 0.25) is 0 Å². The molecule has 0 saturated carbocycles. The van der Waals surface area contributed by atoms with Gasteiger partial charge in [-0.15, -0.1) is 0 Å². The van der Waals surface area contributed by atoms with Gasteiger partial charge in [0, 0.05) is 31.1 Å². The van der Waals surface area contributed by atoms with Gasteiger partial charge < -0.3 is 9.30 Å². The van der Waals surface area contributed by atoms with Crippen molar-refractivity contribution in [1.82, 2.24) is 9.47 Å². The third kappa shape index (κ3) is 4.76. The number of nitro groups is 1. The standard InChI is InChI=1S/C24H20N4O5S/c1-3-33-23(30)16-9-11-17(12-10-16)25-24-26(2)22(29)21(34-24)15-19-8-5-13-27(19)18-6-4-7-20(14-18)28(31)32/h4-15H,3H2,1-2H3/b21-15-,25-24?. The van der Waals surface area contributed by atoms with Crippen molar-refractivity contribution in [3.05, 3.63) is 93.1 Å². The van der Waals surface area contributed by atoms with Crippen LogP contribution < -0.4 is 0 Å². The molecule has 1 aliphatic rings. The van der Waals surface area contributed by atoms with Crippen molar-refractivity contribution < 1.29 is 19.2 Å². The smallest absolute Gasteiger partial charge is 0.338 e. The monoisotopic (exact) mass is 476 g/mol. The third-order valence-corrected chi connectivity index (χ3v) is 6.04. The van der Waals surface area contributed by atoms with Gasteiger partial charge in [0.15, 0.2) is 5.17 Å². The van der Waals surface area contributed by atoms with Gasteiger partial charge in [0.1, 0.15) is 0 Å². The van der Waals surface area contributed by atoms with Crippen LogP contribution in [0.3, 0.4) is 0 Å². The van der Waals surface area contributed by atoms with Gasteiger partial charge in [0.05, 0.1) is 33.4 Å². The van der Waals surface area contributed by atoms with Crippen molar-refractivity contribution >= 4 is 46.3 Å². The van der Waals surface area contributed by atoms with E-state index in [0.29, 0.717) is 39.3 Å². The summed E-state index contributed by atoms with van der Waals surface area (Å²) >= 11 is 1.22. The van der Waals surface area contributed by atoms with Crippen LogP contribution in [0.15, 0.2) is 76.8 Å². The van der Waals surface area contributed by atoms with Crippen LogP contribution in [0.4, 0.5) is 11.4 Å². The Morgan fingerprint density at radius 3 is 2.65 bits per heavy atom. The number of non-ortho nitro benzene ring substituents is 1. The summed E-state index contributed by atoms with van der Waals surface area (Å²) in [5.74, 6) is -0.611. The van der Waals surface area contributed by atoms with Crippen LogP contribution in [-0.2, 0) is 9.53 Å². The number of aliphatic imine (C=N–C) groups is 1. The quantitative estimate of drug-likeness (QED) is 0.219. The number of hydrogen-bond acceptors (Lipinski definition) is 7. The Bertz CT molecular complexity index is 1330. The van der Waals surface area contributed by atoms with E-state index in [4.69, 9.17) is 4.74 Å². The second-order valence-electron chi connectivity index (χ2n) is 7.22. The van der Waals surface area contributed by atoms with Gasteiger partial charge >= 0.3 is 5.97 Å². The summed E-state index contributed by atoms with van der Waals surface area (Å²) in [7, 11) is 1.64. The van der Waals surface area contributed by atoms with E-state index >= 15 is 0 Å². The largest absolute Gasteiger partial charge is 0.462 e. The highest BCUT2D eigenvalue weighted by Crippen LogP contribution is 2.33. The lowest BCUT2D eigenvalue weighted by atomic mass is 10.2. The fraction of sp³-hybridized carbons (Fsp3) is 0.125. The first-order chi connectivity index (χ1) is 16.4. The number of carbonyl (C=O) groups excluding carboxylic acids is 2. The minimum Gasteiger partial charge on any atom is -0.462 e. The van der Waals surface area contributed by atoms with E-state index in [1.54, 1.807) is 73.3 Å². The summed E-state index contributed by atoms with van der Waals surface area (Å²) in [5, 5.41) is 11.6. The molecule has 2 aromatic carbocycles. The summed E-state index contributed by atoms with van der Waals surface area (Å²) in [6.45, 7) is 2.04. The van der Waals surface area contributed by atoms with E-state index < -0.39 is 10.9 Å². The Morgan fingerprint density at radius 1 is 1.18 bits per heavy atom. The summed E-state index contributed by atoms with van der Waals surface area (Å²) < 4.78 is 6.76. The fourth-order valence-corrected chi connectivity index (χ4v) is 4.26. The maximum absolute atomic E-state index is 12.8. The number of nitro benzene ring substituents is 1. The Labute approximate surface area is 199 Å². The molecule has 0 N–H and O–H groups in total. The molecular formula is C24H20N4O5S. The molecule has 1 aromatic heterocycles. The maximum Gasteiger partial charge on any atom is 0.338 e. The Hall–Kier alpha value is -4.18. The molecule has 1 saturated heterocycles. The number of aromatic nitrogens is 1. The highest BCUT2D eigenvalue weighted by molar-refractivity contribution is 8.18. The zero-order valence-electron chi connectivity index (χ0n) is 18.4. The van der Waals surface area contributed by atoms with Gasteiger partial charge in [0.25, 0.3) is 11.6 Å². The maximum atomic E-state index is 12.8. The van der Waals surface area contributed by atoms with Crippen LogP contribution in [0.25, 0.3) is 11.8 Å². The van der Waals surface area contributed by atoms with Crippen molar-refractivity contribution in [3.8, 4) is 5.69 Å². The molecule has 1 fully saturated rings. The summed E-state index contributed by atoms with van der Waals surface area (Å²) in [5.41, 5.74) is 2.32. The number of carbonyl (C=O) groups is 2. The Morgan fingerprint density at radius 2 is 1.94 bits per heavy atom. The van der Waals surface area contributed by atoms with E-state index in [-0.39, 0.29) is 11.6 Å². The lowest BCUT2D eigenvalue weighted by Crippen LogP contribution is -2.23. The molecule has 3 aromatic rings. The zero-order chi connectivity index (χ0) is 24.2. The Balaban J connectivity index is 1.59. The first-order valence-corrected chi connectivity index (χ1v) is 11.1. The van der Waals surface area contributed by atoms with E-state index in [9.17, 15) is 19.7 Å². The molecule has 0 radical (unpaired) electrons. The van der Waals surface area contributed by atoms with Gasteiger partial charge in [0.2, 0.25) is 0 Å². The lowest BCUT2D eigenvalue weighted by Gasteiger charge is -2.08. The number of benzene rings is 2. The van der Waals surface area contributed by atoms with Crippen LogP contribution in [-0.4, -0.2) is 45.1 Å². The van der Waals surface area contributed by atoms with Crippen LogP contribution in [0.5, 0.6) is 0 Å². The molecule has 2 heterocycles. The van der Waals surface area contributed by atoms with Crippen LogP contribution in [0, 0.1) is 10.1 Å². The summed E-state index contributed by atoms with van der Waals surface area (Å²) in [6.07, 6.45) is 3.51. The van der Waals surface area contributed by atoms with Gasteiger partial charge in [-0.2, -0.15) is 0 Å². The van der Waals surface area contributed by atoms with E-state index in [1.165, 1.54) is 28.8 Å². The molecular weight excluding hydrogens is 456 g/mol. The minimum atomic E-state index is -0.446. The Kier molecular flexibility index (Phi) is 6.60. The average molecular weight is 477 g/mol. The van der Waals surface area contributed by atoms with Crippen molar-refractivity contribution in [2.45, 2.75) is 6.92 Å². The average Bonchev–Trinajstić information content (AvgIpc) is 3.40. The second kappa shape index (κ2) is 9.75. The van der Waals surface area contributed by atoms with Gasteiger partial charge in [-0.05, 0) is 67.2 Å².